The van der Waals surface area contributed by atoms with Gasteiger partial charge in [0.2, 0.25) is 0 Å². The standard InChI is InChI=1S/C22H24N4S/c1-15(2)26-21(20(24-22(26)27)18-10-4-5-12-23-18)19-11-7-13-25(19)17-9-6-8-16(3)14-17/h4-15,20-21H,1-3H3,(H,24,27). The van der Waals surface area contributed by atoms with Crippen LogP contribution in [0.15, 0.2) is 67.0 Å². The van der Waals surface area contributed by atoms with Crippen molar-refractivity contribution in [2.24, 2.45) is 0 Å². The van der Waals surface area contributed by atoms with Gasteiger partial charge in [0.1, 0.15) is 0 Å². The Morgan fingerprint density at radius 2 is 1.93 bits per heavy atom. The quantitative estimate of drug-likeness (QED) is 0.677. The molecule has 5 heteroatoms. The fourth-order valence-electron chi connectivity index (χ4n) is 3.89. The number of thiocarbonyl (C=S) groups is 1. The van der Waals surface area contributed by atoms with Gasteiger partial charge >= 0.3 is 0 Å². The predicted octanol–water partition coefficient (Wildman–Crippen LogP) is 4.56. The monoisotopic (exact) mass is 376 g/mol. The molecular formula is C22H24N4S. The molecule has 0 spiro atoms. The molecule has 4 nitrogen and oxygen atoms in total. The van der Waals surface area contributed by atoms with E-state index in [1.807, 2.05) is 18.3 Å². The van der Waals surface area contributed by atoms with Crippen LogP contribution >= 0.6 is 12.2 Å². The molecule has 0 bridgehead atoms. The van der Waals surface area contributed by atoms with E-state index in [1.165, 1.54) is 11.3 Å². The zero-order valence-corrected chi connectivity index (χ0v) is 16.6. The summed E-state index contributed by atoms with van der Waals surface area (Å²) >= 11 is 5.70. The summed E-state index contributed by atoms with van der Waals surface area (Å²) in [6.45, 7) is 6.49. The van der Waals surface area contributed by atoms with Gasteiger partial charge in [-0.25, -0.2) is 0 Å². The molecule has 2 atom stereocenters. The summed E-state index contributed by atoms with van der Waals surface area (Å²) in [5.41, 5.74) is 4.62. The zero-order chi connectivity index (χ0) is 19.0. The number of pyridine rings is 1. The molecule has 27 heavy (non-hydrogen) atoms. The van der Waals surface area contributed by atoms with Crippen molar-refractivity contribution < 1.29 is 0 Å². The molecule has 138 valence electrons. The van der Waals surface area contributed by atoms with Gasteiger partial charge in [0.25, 0.3) is 0 Å². The molecule has 1 saturated heterocycles. The number of hydrogen-bond donors (Lipinski definition) is 1. The van der Waals surface area contributed by atoms with E-state index >= 15 is 0 Å². The molecule has 1 fully saturated rings. The molecule has 0 radical (unpaired) electrons. The van der Waals surface area contributed by atoms with Gasteiger partial charge in [-0.2, -0.15) is 0 Å². The fourth-order valence-corrected chi connectivity index (χ4v) is 4.34. The summed E-state index contributed by atoms with van der Waals surface area (Å²) in [6.07, 6.45) is 3.97. The highest BCUT2D eigenvalue weighted by Gasteiger charge is 2.42. The minimum atomic E-state index is 0.0135. The highest BCUT2D eigenvalue weighted by molar-refractivity contribution is 7.80. The van der Waals surface area contributed by atoms with E-state index < -0.39 is 0 Å². The SMILES string of the molecule is Cc1cccc(-n2cccc2C2C(c3ccccn3)NC(=S)N2C(C)C)c1. The number of hydrogen-bond acceptors (Lipinski definition) is 2. The Balaban J connectivity index is 1.84. The highest BCUT2D eigenvalue weighted by Crippen LogP contribution is 2.40. The van der Waals surface area contributed by atoms with Crippen LogP contribution in [0, 0.1) is 6.92 Å². The van der Waals surface area contributed by atoms with Crippen molar-refractivity contribution in [1.82, 2.24) is 19.8 Å². The number of aromatic nitrogens is 2. The van der Waals surface area contributed by atoms with Crippen LogP contribution in [0.4, 0.5) is 0 Å². The summed E-state index contributed by atoms with van der Waals surface area (Å²) in [7, 11) is 0. The van der Waals surface area contributed by atoms with Crippen LogP contribution in [0.2, 0.25) is 0 Å². The van der Waals surface area contributed by atoms with E-state index in [0.717, 1.165) is 16.5 Å². The molecule has 3 heterocycles. The number of nitrogens with one attached hydrogen (secondary N) is 1. The molecule has 3 aromatic rings. The first kappa shape index (κ1) is 17.7. The van der Waals surface area contributed by atoms with Gasteiger partial charge < -0.3 is 14.8 Å². The molecule has 2 unspecified atom stereocenters. The minimum absolute atomic E-state index is 0.0135. The average Bonchev–Trinajstić information content (AvgIpc) is 3.26. The second-order valence-corrected chi connectivity index (χ2v) is 7.66. The molecule has 0 aliphatic carbocycles. The highest BCUT2D eigenvalue weighted by atomic mass is 32.1. The maximum absolute atomic E-state index is 5.70. The van der Waals surface area contributed by atoms with E-state index in [0.29, 0.717) is 0 Å². The van der Waals surface area contributed by atoms with Crippen molar-refractivity contribution in [2.75, 3.05) is 0 Å². The molecule has 0 saturated carbocycles. The lowest BCUT2D eigenvalue weighted by Crippen LogP contribution is -2.36. The molecule has 1 aromatic carbocycles. The normalized spacial score (nSPS) is 19.6. The van der Waals surface area contributed by atoms with Gasteiger partial charge in [0.15, 0.2) is 5.11 Å². The van der Waals surface area contributed by atoms with Gasteiger partial charge in [0, 0.05) is 29.8 Å². The third kappa shape index (κ3) is 3.23. The van der Waals surface area contributed by atoms with Crippen LogP contribution in [0.3, 0.4) is 0 Å². The van der Waals surface area contributed by atoms with Crippen LogP contribution in [0.5, 0.6) is 0 Å². The Labute approximate surface area is 165 Å². The van der Waals surface area contributed by atoms with E-state index in [9.17, 15) is 0 Å². The number of aryl methyl sites for hydroxylation is 1. The summed E-state index contributed by atoms with van der Waals surface area (Å²) < 4.78 is 2.26. The van der Waals surface area contributed by atoms with Crippen molar-refractivity contribution in [3.63, 3.8) is 0 Å². The molecular weight excluding hydrogens is 352 g/mol. The van der Waals surface area contributed by atoms with Gasteiger partial charge in [0.05, 0.1) is 17.8 Å². The average molecular weight is 377 g/mol. The topological polar surface area (TPSA) is 33.1 Å². The van der Waals surface area contributed by atoms with Crippen LogP contribution in [-0.4, -0.2) is 25.6 Å². The summed E-state index contributed by atoms with van der Waals surface area (Å²) in [6, 6.07) is 19.3. The third-order valence-corrected chi connectivity index (χ3v) is 5.38. The van der Waals surface area contributed by atoms with Crippen molar-refractivity contribution in [3.8, 4) is 5.69 Å². The summed E-state index contributed by atoms with van der Waals surface area (Å²) in [4.78, 5) is 6.90. The first-order valence-electron chi connectivity index (χ1n) is 9.30. The molecule has 1 N–H and O–H groups in total. The third-order valence-electron chi connectivity index (χ3n) is 5.05. The maximum Gasteiger partial charge on any atom is 0.170 e. The van der Waals surface area contributed by atoms with Crippen LogP contribution in [-0.2, 0) is 0 Å². The first-order chi connectivity index (χ1) is 13.1. The Morgan fingerprint density at radius 1 is 1.07 bits per heavy atom. The lowest BCUT2D eigenvalue weighted by atomic mass is 10.0. The van der Waals surface area contributed by atoms with Crippen LogP contribution in [0.1, 0.15) is 42.9 Å². The molecule has 2 aromatic heterocycles. The zero-order valence-electron chi connectivity index (χ0n) is 15.8. The Kier molecular flexibility index (Phi) is 4.70. The van der Waals surface area contributed by atoms with E-state index in [1.54, 1.807) is 0 Å². The van der Waals surface area contributed by atoms with Crippen molar-refractivity contribution >= 4 is 17.3 Å². The van der Waals surface area contributed by atoms with Crippen molar-refractivity contribution in [2.45, 2.75) is 38.9 Å². The van der Waals surface area contributed by atoms with E-state index in [-0.39, 0.29) is 18.1 Å². The summed E-state index contributed by atoms with van der Waals surface area (Å²) in [5, 5.41) is 4.29. The Morgan fingerprint density at radius 3 is 2.63 bits per heavy atom. The van der Waals surface area contributed by atoms with E-state index in [2.05, 4.69) is 89.2 Å². The predicted molar refractivity (Wildman–Crippen MR) is 113 cm³/mol. The first-order valence-corrected chi connectivity index (χ1v) is 9.71. The van der Waals surface area contributed by atoms with Gasteiger partial charge in [-0.1, -0.05) is 18.2 Å². The van der Waals surface area contributed by atoms with Crippen LogP contribution < -0.4 is 5.32 Å². The molecule has 1 aliphatic rings. The second kappa shape index (κ2) is 7.16. The van der Waals surface area contributed by atoms with E-state index in [4.69, 9.17) is 12.2 Å². The number of rotatable bonds is 4. The van der Waals surface area contributed by atoms with Crippen molar-refractivity contribution in [3.05, 3.63) is 83.9 Å². The Bertz CT molecular complexity index is 948. The largest absolute Gasteiger partial charge is 0.352 e. The minimum Gasteiger partial charge on any atom is -0.352 e. The smallest absolute Gasteiger partial charge is 0.170 e. The fraction of sp³-hybridized carbons (Fsp3) is 0.273. The van der Waals surface area contributed by atoms with Gasteiger partial charge in [-0.3, -0.25) is 4.98 Å². The lowest BCUT2D eigenvalue weighted by molar-refractivity contribution is 0.262. The lowest BCUT2D eigenvalue weighted by Gasteiger charge is -2.31. The Hall–Kier alpha value is -2.66. The second-order valence-electron chi connectivity index (χ2n) is 7.27. The van der Waals surface area contributed by atoms with Crippen molar-refractivity contribution in [1.29, 1.82) is 0 Å². The number of nitrogens with zero attached hydrogens (tertiary/aromatic N) is 3. The van der Waals surface area contributed by atoms with Crippen LogP contribution in [0.25, 0.3) is 5.69 Å². The molecule has 1 aliphatic heterocycles. The molecule has 4 rings (SSSR count). The summed E-state index contributed by atoms with van der Waals surface area (Å²) in [5.74, 6) is 0. The maximum atomic E-state index is 5.70. The molecule has 0 amide bonds. The number of benzene rings is 1. The van der Waals surface area contributed by atoms with Gasteiger partial charge in [-0.15, -0.1) is 0 Å². The van der Waals surface area contributed by atoms with Gasteiger partial charge in [-0.05, 0) is 75.0 Å².